The topological polar surface area (TPSA) is 50.7 Å². The number of fused-ring (bicyclic) bond motifs is 1. The smallest absolute Gasteiger partial charge is 0.162 e. The van der Waals surface area contributed by atoms with Gasteiger partial charge in [-0.1, -0.05) is 19.9 Å². The van der Waals surface area contributed by atoms with Crippen molar-refractivity contribution in [3.05, 3.63) is 48.7 Å². The van der Waals surface area contributed by atoms with Crippen molar-refractivity contribution >= 4 is 5.69 Å². The summed E-state index contributed by atoms with van der Waals surface area (Å²) in [4.78, 5) is 12.3. The van der Waals surface area contributed by atoms with Gasteiger partial charge in [0.05, 0.1) is 0 Å². The van der Waals surface area contributed by atoms with Gasteiger partial charge in [0.2, 0.25) is 0 Å². The third-order valence-electron chi connectivity index (χ3n) is 3.72. The molecule has 2 unspecified atom stereocenters. The first kappa shape index (κ1) is 12.8. The summed E-state index contributed by atoms with van der Waals surface area (Å²) in [7, 11) is 0. The molecule has 4 nitrogen and oxygen atoms in total. The molecule has 0 saturated heterocycles. The Balaban J connectivity index is 2.03. The highest BCUT2D eigenvalue weighted by atomic mass is 15.0. The van der Waals surface area contributed by atoms with Crippen LogP contribution in [0.5, 0.6) is 0 Å². The maximum atomic E-state index is 4.22. The molecule has 2 atom stereocenters. The van der Waals surface area contributed by atoms with E-state index in [1.807, 2.05) is 12.3 Å². The van der Waals surface area contributed by atoms with E-state index >= 15 is 0 Å². The Morgan fingerprint density at radius 2 is 1.95 bits per heavy atom. The number of nitrogens with zero attached hydrogens (tertiary/aromatic N) is 3. The fraction of sp³-hybridized carbons (Fsp3) is 0.312. The van der Waals surface area contributed by atoms with Gasteiger partial charge >= 0.3 is 0 Å². The quantitative estimate of drug-likeness (QED) is 0.856. The van der Waals surface area contributed by atoms with Crippen LogP contribution in [0, 0.1) is 5.92 Å². The first-order chi connectivity index (χ1) is 9.74. The van der Waals surface area contributed by atoms with E-state index < -0.39 is 0 Å². The molecular formula is C16H18N4. The Kier molecular flexibility index (Phi) is 3.46. The summed E-state index contributed by atoms with van der Waals surface area (Å²) in [5.41, 5.74) is 3.52. The molecule has 0 aliphatic carbocycles. The van der Waals surface area contributed by atoms with E-state index in [1.54, 1.807) is 0 Å². The number of hydrogen-bond acceptors (Lipinski definition) is 4. The largest absolute Gasteiger partial charge is 0.362 e. The summed E-state index contributed by atoms with van der Waals surface area (Å²) in [5, 5.41) is 3.37. The van der Waals surface area contributed by atoms with Crippen LogP contribution in [0.15, 0.2) is 43.1 Å². The first-order valence-corrected chi connectivity index (χ1v) is 6.93. The number of benzene rings is 1. The molecule has 0 amide bonds. The van der Waals surface area contributed by atoms with Crippen molar-refractivity contribution in [2.45, 2.75) is 26.2 Å². The summed E-state index contributed by atoms with van der Waals surface area (Å²) in [5.74, 6) is 1.80. The third kappa shape index (κ3) is 2.54. The van der Waals surface area contributed by atoms with Crippen LogP contribution in [0.3, 0.4) is 0 Å². The average Bonchev–Trinajstić information content (AvgIpc) is 2.47. The normalized spacial score (nSPS) is 23.1. The minimum atomic E-state index is 0.499. The first-order valence-electron chi connectivity index (χ1n) is 6.93. The zero-order valence-electron chi connectivity index (χ0n) is 11.7. The average molecular weight is 266 g/mol. The summed E-state index contributed by atoms with van der Waals surface area (Å²) >= 11 is 0. The van der Waals surface area contributed by atoms with Gasteiger partial charge in [0, 0.05) is 11.3 Å². The summed E-state index contributed by atoms with van der Waals surface area (Å²) < 4.78 is 0. The minimum absolute atomic E-state index is 0.499. The fourth-order valence-electron chi connectivity index (χ4n) is 2.69. The predicted octanol–water partition coefficient (Wildman–Crippen LogP) is 3.61. The molecule has 2 aromatic rings. The highest BCUT2D eigenvalue weighted by Crippen LogP contribution is 2.34. The van der Waals surface area contributed by atoms with Crippen molar-refractivity contribution in [1.82, 2.24) is 15.0 Å². The van der Waals surface area contributed by atoms with Crippen molar-refractivity contribution in [2.75, 3.05) is 5.32 Å². The molecule has 1 aliphatic rings. The highest BCUT2D eigenvalue weighted by molar-refractivity contribution is 5.65. The van der Waals surface area contributed by atoms with E-state index in [0.29, 0.717) is 11.8 Å². The van der Waals surface area contributed by atoms with Crippen molar-refractivity contribution in [3.8, 4) is 11.4 Å². The van der Waals surface area contributed by atoms with Gasteiger partial charge in [0.1, 0.15) is 12.7 Å². The lowest BCUT2D eigenvalue weighted by Gasteiger charge is -2.22. The lowest BCUT2D eigenvalue weighted by atomic mass is 9.88. The summed E-state index contributed by atoms with van der Waals surface area (Å²) in [6, 6.07) is 6.34. The summed E-state index contributed by atoms with van der Waals surface area (Å²) in [6.45, 7) is 4.52. The Morgan fingerprint density at radius 3 is 2.75 bits per heavy atom. The van der Waals surface area contributed by atoms with Crippen LogP contribution in [0.25, 0.3) is 11.4 Å². The third-order valence-corrected chi connectivity index (χ3v) is 3.72. The predicted molar refractivity (Wildman–Crippen MR) is 80.2 cm³/mol. The second-order valence-corrected chi connectivity index (χ2v) is 5.38. The van der Waals surface area contributed by atoms with Crippen molar-refractivity contribution < 1.29 is 0 Å². The second kappa shape index (κ2) is 5.41. The Morgan fingerprint density at radius 1 is 1.15 bits per heavy atom. The van der Waals surface area contributed by atoms with Crippen molar-refractivity contribution in [1.29, 1.82) is 0 Å². The molecule has 4 heteroatoms. The van der Waals surface area contributed by atoms with Gasteiger partial charge in [-0.2, -0.15) is 0 Å². The van der Waals surface area contributed by atoms with Crippen LogP contribution in [0.4, 0.5) is 5.69 Å². The Hall–Kier alpha value is -2.23. The lowest BCUT2D eigenvalue weighted by molar-refractivity contribution is 0.566. The van der Waals surface area contributed by atoms with E-state index in [0.717, 1.165) is 17.8 Å². The van der Waals surface area contributed by atoms with E-state index in [9.17, 15) is 0 Å². The zero-order valence-corrected chi connectivity index (χ0v) is 11.7. The van der Waals surface area contributed by atoms with Gasteiger partial charge in [-0.25, -0.2) is 15.0 Å². The molecule has 1 aromatic heterocycles. The van der Waals surface area contributed by atoms with Crippen molar-refractivity contribution in [2.24, 2.45) is 5.92 Å². The Labute approximate surface area is 119 Å². The number of hydrogen-bond donors (Lipinski definition) is 1. The highest BCUT2D eigenvalue weighted by Gasteiger charge is 2.16. The van der Waals surface area contributed by atoms with Crippen LogP contribution < -0.4 is 5.32 Å². The van der Waals surface area contributed by atoms with Gasteiger partial charge in [-0.3, -0.25) is 0 Å². The van der Waals surface area contributed by atoms with Crippen LogP contribution in [-0.4, -0.2) is 15.0 Å². The zero-order chi connectivity index (χ0) is 13.9. The molecule has 2 heterocycles. The molecule has 1 aliphatic heterocycles. The van der Waals surface area contributed by atoms with Crippen LogP contribution in [0.1, 0.15) is 31.7 Å². The molecule has 0 saturated carbocycles. The summed E-state index contributed by atoms with van der Waals surface area (Å²) in [6.07, 6.45) is 8.47. The number of rotatable bonds is 1. The molecule has 0 spiro atoms. The molecule has 3 rings (SSSR count). The second-order valence-electron chi connectivity index (χ2n) is 5.38. The molecule has 0 fully saturated rings. The minimum Gasteiger partial charge on any atom is -0.362 e. The molecular weight excluding hydrogens is 248 g/mol. The number of allylic oxidation sites excluding steroid dienone is 1. The van der Waals surface area contributed by atoms with Crippen LogP contribution in [0.2, 0.25) is 0 Å². The van der Waals surface area contributed by atoms with Crippen LogP contribution >= 0.6 is 0 Å². The number of nitrogens with one attached hydrogen (secondary N) is 1. The standard InChI is InChI=1S/C16H18N4/c1-11-5-6-18-15-4-3-13(8-14(15)12(2)7-11)16-19-9-17-10-20-16/h3-6,8-12,18H,7H2,1-2H3/b6-5-. The maximum Gasteiger partial charge on any atom is 0.162 e. The SMILES string of the molecule is CC1/C=C\Nc2ccc(-c3ncncn3)cc2C(C)C1. The molecule has 1 N–H and O–H groups in total. The van der Waals surface area contributed by atoms with E-state index in [2.05, 4.69) is 52.3 Å². The lowest BCUT2D eigenvalue weighted by Crippen LogP contribution is -2.07. The van der Waals surface area contributed by atoms with Crippen LogP contribution in [-0.2, 0) is 0 Å². The number of aromatic nitrogens is 3. The van der Waals surface area contributed by atoms with Gasteiger partial charge in [-0.15, -0.1) is 0 Å². The molecule has 1 aromatic carbocycles. The fourth-order valence-corrected chi connectivity index (χ4v) is 2.69. The van der Waals surface area contributed by atoms with Gasteiger partial charge in [-0.05, 0) is 48.2 Å². The maximum absolute atomic E-state index is 4.22. The molecule has 0 bridgehead atoms. The van der Waals surface area contributed by atoms with E-state index in [-0.39, 0.29) is 0 Å². The van der Waals surface area contributed by atoms with Gasteiger partial charge in [0.15, 0.2) is 5.82 Å². The molecule has 102 valence electrons. The number of anilines is 1. The van der Waals surface area contributed by atoms with Crippen molar-refractivity contribution in [3.63, 3.8) is 0 Å². The monoisotopic (exact) mass is 266 g/mol. The van der Waals surface area contributed by atoms with E-state index in [4.69, 9.17) is 0 Å². The molecule has 0 radical (unpaired) electrons. The molecule has 20 heavy (non-hydrogen) atoms. The Bertz CT molecular complexity index is 622. The van der Waals surface area contributed by atoms with Gasteiger partial charge < -0.3 is 5.32 Å². The van der Waals surface area contributed by atoms with E-state index in [1.165, 1.54) is 23.9 Å². The van der Waals surface area contributed by atoms with Gasteiger partial charge in [0.25, 0.3) is 0 Å².